The van der Waals surface area contributed by atoms with Crippen molar-refractivity contribution in [2.75, 3.05) is 20.8 Å². The SMILES string of the molecule is COC(=O)CNCc1c(C)nn(C)c1OC. The molecule has 1 aromatic rings. The Morgan fingerprint density at radius 2 is 2.19 bits per heavy atom. The molecule has 0 aliphatic rings. The molecule has 6 heteroatoms. The Bertz CT molecular complexity index is 374. The molecule has 0 saturated heterocycles. The monoisotopic (exact) mass is 227 g/mol. The van der Waals surface area contributed by atoms with Gasteiger partial charge in [-0.25, -0.2) is 4.68 Å². The minimum Gasteiger partial charge on any atom is -0.481 e. The van der Waals surface area contributed by atoms with Crippen LogP contribution in [0.3, 0.4) is 0 Å². The first-order chi connectivity index (χ1) is 7.60. The third-order valence-corrected chi connectivity index (χ3v) is 2.28. The highest BCUT2D eigenvalue weighted by atomic mass is 16.5. The summed E-state index contributed by atoms with van der Waals surface area (Å²) in [6, 6.07) is 0. The van der Waals surface area contributed by atoms with E-state index < -0.39 is 0 Å². The van der Waals surface area contributed by atoms with Gasteiger partial charge in [-0.05, 0) is 6.92 Å². The van der Waals surface area contributed by atoms with Gasteiger partial charge >= 0.3 is 5.97 Å². The third-order valence-electron chi connectivity index (χ3n) is 2.28. The Hall–Kier alpha value is -1.56. The van der Waals surface area contributed by atoms with Gasteiger partial charge in [0.25, 0.3) is 0 Å². The number of nitrogens with one attached hydrogen (secondary N) is 1. The highest BCUT2D eigenvalue weighted by Crippen LogP contribution is 2.20. The summed E-state index contributed by atoms with van der Waals surface area (Å²) in [6.07, 6.45) is 0. The fourth-order valence-electron chi connectivity index (χ4n) is 1.50. The average Bonchev–Trinajstić information content (AvgIpc) is 2.53. The molecule has 16 heavy (non-hydrogen) atoms. The van der Waals surface area contributed by atoms with Crippen molar-refractivity contribution in [2.45, 2.75) is 13.5 Å². The first-order valence-electron chi connectivity index (χ1n) is 4.94. The number of rotatable bonds is 5. The van der Waals surface area contributed by atoms with Crippen LogP contribution in [0.2, 0.25) is 0 Å². The van der Waals surface area contributed by atoms with E-state index in [9.17, 15) is 4.79 Å². The van der Waals surface area contributed by atoms with E-state index in [1.54, 1.807) is 11.8 Å². The molecule has 0 atom stereocenters. The van der Waals surface area contributed by atoms with E-state index in [1.165, 1.54) is 7.11 Å². The van der Waals surface area contributed by atoms with Crippen LogP contribution in [0.4, 0.5) is 0 Å². The van der Waals surface area contributed by atoms with Crippen molar-refractivity contribution in [1.82, 2.24) is 15.1 Å². The molecule has 6 nitrogen and oxygen atoms in total. The lowest BCUT2D eigenvalue weighted by Gasteiger charge is -2.05. The molecule has 0 aliphatic heterocycles. The lowest BCUT2D eigenvalue weighted by atomic mass is 10.2. The van der Waals surface area contributed by atoms with E-state index in [-0.39, 0.29) is 12.5 Å². The molecule has 1 N–H and O–H groups in total. The maximum Gasteiger partial charge on any atom is 0.319 e. The summed E-state index contributed by atoms with van der Waals surface area (Å²) in [6.45, 7) is 2.60. The molecule has 0 bridgehead atoms. The lowest BCUT2D eigenvalue weighted by molar-refractivity contribution is -0.139. The minimum absolute atomic E-state index is 0.175. The van der Waals surface area contributed by atoms with Gasteiger partial charge in [0.2, 0.25) is 5.88 Å². The number of esters is 1. The average molecular weight is 227 g/mol. The van der Waals surface area contributed by atoms with Crippen LogP contribution in [0.5, 0.6) is 5.88 Å². The highest BCUT2D eigenvalue weighted by molar-refractivity contribution is 5.71. The summed E-state index contributed by atoms with van der Waals surface area (Å²) in [4.78, 5) is 10.9. The smallest absolute Gasteiger partial charge is 0.319 e. The normalized spacial score (nSPS) is 10.2. The van der Waals surface area contributed by atoms with Crippen molar-refractivity contribution in [3.8, 4) is 5.88 Å². The first-order valence-corrected chi connectivity index (χ1v) is 4.94. The van der Waals surface area contributed by atoms with Crippen LogP contribution >= 0.6 is 0 Å². The second-order valence-corrected chi connectivity index (χ2v) is 3.38. The molecule has 1 rings (SSSR count). The molecule has 0 aromatic carbocycles. The zero-order valence-electron chi connectivity index (χ0n) is 10.0. The van der Waals surface area contributed by atoms with Crippen molar-refractivity contribution < 1.29 is 14.3 Å². The molecule has 1 heterocycles. The van der Waals surface area contributed by atoms with E-state index in [0.29, 0.717) is 12.4 Å². The number of aryl methyl sites for hydroxylation is 2. The number of carbonyl (C=O) groups excluding carboxylic acids is 1. The third kappa shape index (κ3) is 2.73. The van der Waals surface area contributed by atoms with Gasteiger partial charge in [-0.2, -0.15) is 5.10 Å². The summed E-state index contributed by atoms with van der Waals surface area (Å²) in [5.41, 5.74) is 1.84. The Morgan fingerprint density at radius 3 is 2.75 bits per heavy atom. The van der Waals surface area contributed by atoms with E-state index >= 15 is 0 Å². The summed E-state index contributed by atoms with van der Waals surface area (Å²) in [5.74, 6) is 0.412. The fraction of sp³-hybridized carbons (Fsp3) is 0.600. The molecule has 0 aliphatic carbocycles. The molecule has 0 saturated carbocycles. The summed E-state index contributed by atoms with van der Waals surface area (Å²) in [5, 5.41) is 7.21. The molecular formula is C10H17N3O3. The summed E-state index contributed by atoms with van der Waals surface area (Å²) >= 11 is 0. The van der Waals surface area contributed by atoms with Crippen LogP contribution in [0.15, 0.2) is 0 Å². The van der Waals surface area contributed by atoms with Gasteiger partial charge in [-0.3, -0.25) is 4.79 Å². The Labute approximate surface area is 94.5 Å². The Morgan fingerprint density at radius 1 is 1.50 bits per heavy atom. The summed E-state index contributed by atoms with van der Waals surface area (Å²) in [7, 11) is 4.77. The second kappa shape index (κ2) is 5.50. The van der Waals surface area contributed by atoms with Crippen molar-refractivity contribution in [3.05, 3.63) is 11.3 Å². The van der Waals surface area contributed by atoms with E-state index in [1.807, 2.05) is 14.0 Å². The Balaban J connectivity index is 2.62. The van der Waals surface area contributed by atoms with Crippen LogP contribution in [-0.4, -0.2) is 36.5 Å². The molecule has 1 aromatic heterocycles. The van der Waals surface area contributed by atoms with Gasteiger partial charge in [-0.15, -0.1) is 0 Å². The van der Waals surface area contributed by atoms with Gasteiger partial charge in [0, 0.05) is 13.6 Å². The molecule has 0 radical (unpaired) electrons. The standard InChI is InChI=1S/C10H17N3O3/c1-7-8(5-11-6-9(14)15-3)10(16-4)13(2)12-7/h11H,5-6H2,1-4H3. The molecule has 0 spiro atoms. The first kappa shape index (κ1) is 12.5. The van der Waals surface area contributed by atoms with Gasteiger partial charge in [0.1, 0.15) is 0 Å². The van der Waals surface area contributed by atoms with Gasteiger partial charge in [0.15, 0.2) is 0 Å². The van der Waals surface area contributed by atoms with Crippen LogP contribution in [0, 0.1) is 6.92 Å². The molecule has 0 fully saturated rings. The van der Waals surface area contributed by atoms with Gasteiger partial charge in [0.05, 0.1) is 32.0 Å². The van der Waals surface area contributed by atoms with E-state index in [0.717, 1.165) is 11.3 Å². The maximum absolute atomic E-state index is 10.9. The predicted molar refractivity (Wildman–Crippen MR) is 58.2 cm³/mol. The quantitative estimate of drug-likeness (QED) is 0.717. The van der Waals surface area contributed by atoms with Crippen molar-refractivity contribution in [2.24, 2.45) is 7.05 Å². The van der Waals surface area contributed by atoms with Crippen molar-refractivity contribution >= 4 is 5.97 Å². The number of nitrogens with zero attached hydrogens (tertiary/aromatic N) is 2. The van der Waals surface area contributed by atoms with E-state index in [4.69, 9.17) is 4.74 Å². The molecule has 0 unspecified atom stereocenters. The summed E-state index contributed by atoms with van der Waals surface area (Å²) < 4.78 is 11.4. The zero-order valence-corrected chi connectivity index (χ0v) is 10.0. The van der Waals surface area contributed by atoms with Crippen LogP contribution in [0.1, 0.15) is 11.3 Å². The number of hydrogen-bond acceptors (Lipinski definition) is 5. The van der Waals surface area contributed by atoms with Crippen LogP contribution < -0.4 is 10.1 Å². The fourth-order valence-corrected chi connectivity index (χ4v) is 1.50. The topological polar surface area (TPSA) is 65.4 Å². The van der Waals surface area contributed by atoms with Crippen molar-refractivity contribution in [1.29, 1.82) is 0 Å². The van der Waals surface area contributed by atoms with Crippen LogP contribution in [-0.2, 0) is 23.1 Å². The number of ether oxygens (including phenoxy) is 2. The van der Waals surface area contributed by atoms with Crippen LogP contribution in [0.25, 0.3) is 0 Å². The largest absolute Gasteiger partial charge is 0.481 e. The van der Waals surface area contributed by atoms with Crippen molar-refractivity contribution in [3.63, 3.8) is 0 Å². The van der Waals surface area contributed by atoms with Gasteiger partial charge < -0.3 is 14.8 Å². The second-order valence-electron chi connectivity index (χ2n) is 3.38. The number of carbonyl (C=O) groups is 1. The predicted octanol–water partition coefficient (Wildman–Crippen LogP) is -0.000280. The maximum atomic E-state index is 10.9. The minimum atomic E-state index is -0.291. The number of hydrogen-bond donors (Lipinski definition) is 1. The zero-order chi connectivity index (χ0) is 12.1. The Kier molecular flexibility index (Phi) is 4.30. The molecule has 0 amide bonds. The molecular weight excluding hydrogens is 210 g/mol. The highest BCUT2D eigenvalue weighted by Gasteiger charge is 2.13. The van der Waals surface area contributed by atoms with Gasteiger partial charge in [-0.1, -0.05) is 0 Å². The lowest BCUT2D eigenvalue weighted by Crippen LogP contribution is -2.23. The number of aromatic nitrogens is 2. The molecule has 90 valence electrons. The number of methoxy groups -OCH3 is 2. The van der Waals surface area contributed by atoms with E-state index in [2.05, 4.69) is 15.2 Å².